The highest BCUT2D eigenvalue weighted by Gasteiger charge is 2.25. The number of hydrogen-bond donors (Lipinski definition) is 2. The maximum Gasteiger partial charge on any atom is 0.285 e. The number of pyridine rings is 1. The lowest BCUT2D eigenvalue weighted by atomic mass is 10.1. The summed E-state index contributed by atoms with van der Waals surface area (Å²) in [6.07, 6.45) is 3.57. The van der Waals surface area contributed by atoms with Gasteiger partial charge in [0.15, 0.2) is 17.3 Å². The van der Waals surface area contributed by atoms with Crippen molar-refractivity contribution in [2.45, 2.75) is 24.8 Å². The van der Waals surface area contributed by atoms with Crippen LogP contribution in [-0.2, 0) is 30.0 Å². The molecule has 0 aliphatic carbocycles. The van der Waals surface area contributed by atoms with Gasteiger partial charge in [-0.2, -0.15) is 9.49 Å². The van der Waals surface area contributed by atoms with Gasteiger partial charge in [-0.3, -0.25) is 9.48 Å². The smallest absolute Gasteiger partial charge is 0.285 e. The predicted molar refractivity (Wildman–Crippen MR) is 152 cm³/mol. The summed E-state index contributed by atoms with van der Waals surface area (Å²) >= 11 is 0. The third-order valence-electron chi connectivity index (χ3n) is 6.85. The van der Waals surface area contributed by atoms with Crippen molar-refractivity contribution in [3.8, 4) is 16.9 Å². The number of fused-ring (bicyclic) bond motifs is 1. The Kier molecular flexibility index (Phi) is 8.05. The van der Waals surface area contributed by atoms with E-state index in [2.05, 4.69) is 15.4 Å². The standard InChI is InChI=1S/C29H28F2N6O4S/c1-18-22(27(34-36(18)3)29(38)35-42(39,40)21-7-5-4-6-8-21)13-14-41-28-23(10-11-24(30)26(28)31)19-9-12-25-33-16-20(15-32-2)37(25)17-19/h4-12,16-17,32H,13-15H2,1-3H3,(H,35,38). The van der Waals surface area contributed by atoms with Gasteiger partial charge >= 0.3 is 0 Å². The number of aromatic nitrogens is 4. The molecule has 5 aromatic rings. The fourth-order valence-electron chi connectivity index (χ4n) is 4.62. The van der Waals surface area contributed by atoms with Crippen molar-refractivity contribution in [1.29, 1.82) is 0 Å². The molecule has 0 bridgehead atoms. The molecule has 5 rings (SSSR count). The van der Waals surface area contributed by atoms with E-state index >= 15 is 4.39 Å². The molecule has 3 aromatic heterocycles. The molecule has 0 saturated heterocycles. The highest BCUT2D eigenvalue weighted by atomic mass is 32.2. The zero-order valence-electron chi connectivity index (χ0n) is 23.1. The van der Waals surface area contributed by atoms with Crippen LogP contribution in [0.25, 0.3) is 16.8 Å². The molecule has 0 fully saturated rings. The minimum Gasteiger partial charge on any atom is -0.489 e. The fraction of sp³-hybridized carbons (Fsp3) is 0.207. The Morgan fingerprint density at radius 3 is 2.57 bits per heavy atom. The lowest BCUT2D eigenvalue weighted by molar-refractivity contribution is 0.0974. The van der Waals surface area contributed by atoms with Crippen LogP contribution < -0.4 is 14.8 Å². The number of nitrogens with zero attached hydrogens (tertiary/aromatic N) is 4. The first kappa shape index (κ1) is 28.9. The van der Waals surface area contributed by atoms with Crippen molar-refractivity contribution < 1.29 is 26.7 Å². The van der Waals surface area contributed by atoms with Crippen molar-refractivity contribution in [2.24, 2.45) is 7.05 Å². The van der Waals surface area contributed by atoms with Gasteiger partial charge in [0.05, 0.1) is 23.4 Å². The van der Waals surface area contributed by atoms with Crippen molar-refractivity contribution >= 4 is 21.6 Å². The molecule has 42 heavy (non-hydrogen) atoms. The normalized spacial score (nSPS) is 11.6. The van der Waals surface area contributed by atoms with Gasteiger partial charge in [-0.25, -0.2) is 22.5 Å². The minimum atomic E-state index is -4.14. The second-order valence-corrected chi connectivity index (χ2v) is 11.2. The Balaban J connectivity index is 1.40. The average Bonchev–Trinajstić information content (AvgIpc) is 3.51. The Labute approximate surface area is 241 Å². The summed E-state index contributed by atoms with van der Waals surface area (Å²) in [5.41, 5.74) is 3.37. The van der Waals surface area contributed by atoms with E-state index in [1.807, 2.05) is 16.2 Å². The lowest BCUT2D eigenvalue weighted by Crippen LogP contribution is -2.31. The monoisotopic (exact) mass is 594 g/mol. The summed E-state index contributed by atoms with van der Waals surface area (Å²) in [6, 6.07) is 13.5. The van der Waals surface area contributed by atoms with Gasteiger partial charge < -0.3 is 14.5 Å². The number of nitrogens with one attached hydrogen (secondary N) is 2. The number of aryl methyl sites for hydroxylation is 1. The molecule has 0 atom stereocenters. The van der Waals surface area contributed by atoms with Crippen molar-refractivity contribution in [2.75, 3.05) is 13.7 Å². The molecule has 0 aliphatic heterocycles. The number of sulfonamides is 1. The molecular formula is C29H28F2N6O4S. The number of carbonyl (C=O) groups is 1. The highest BCUT2D eigenvalue weighted by molar-refractivity contribution is 7.90. The van der Waals surface area contributed by atoms with Crippen LogP contribution in [0.15, 0.2) is 71.9 Å². The van der Waals surface area contributed by atoms with E-state index in [0.29, 0.717) is 34.6 Å². The fourth-order valence-corrected chi connectivity index (χ4v) is 5.59. The maximum atomic E-state index is 15.1. The molecule has 0 aliphatic rings. The first-order chi connectivity index (χ1) is 20.1. The van der Waals surface area contributed by atoms with Crippen LogP contribution in [0.4, 0.5) is 8.78 Å². The zero-order chi connectivity index (χ0) is 30.0. The first-order valence-corrected chi connectivity index (χ1v) is 14.5. The van der Waals surface area contributed by atoms with Crippen LogP contribution in [-0.4, -0.2) is 47.1 Å². The molecule has 0 unspecified atom stereocenters. The minimum absolute atomic E-state index is 0.0656. The van der Waals surface area contributed by atoms with Gasteiger partial charge in [0.1, 0.15) is 5.65 Å². The number of rotatable bonds is 10. The van der Waals surface area contributed by atoms with E-state index in [4.69, 9.17) is 4.74 Å². The van der Waals surface area contributed by atoms with Gasteiger partial charge in [-0.15, -0.1) is 0 Å². The van der Waals surface area contributed by atoms with Gasteiger partial charge in [0, 0.05) is 48.6 Å². The summed E-state index contributed by atoms with van der Waals surface area (Å²) in [5, 5.41) is 7.26. The van der Waals surface area contributed by atoms with Crippen LogP contribution in [0.2, 0.25) is 0 Å². The third kappa shape index (κ3) is 5.60. The van der Waals surface area contributed by atoms with E-state index in [1.54, 1.807) is 56.7 Å². The van der Waals surface area contributed by atoms with Crippen LogP contribution in [0, 0.1) is 18.6 Å². The zero-order valence-corrected chi connectivity index (χ0v) is 23.9. The summed E-state index contributed by atoms with van der Waals surface area (Å²) < 4.78 is 66.0. The van der Waals surface area contributed by atoms with E-state index < -0.39 is 27.6 Å². The topological polar surface area (TPSA) is 120 Å². The van der Waals surface area contributed by atoms with Crippen LogP contribution in [0.1, 0.15) is 27.4 Å². The van der Waals surface area contributed by atoms with Crippen molar-refractivity contribution in [3.05, 3.63) is 101 Å². The van der Waals surface area contributed by atoms with Gasteiger partial charge in [0.2, 0.25) is 5.82 Å². The molecule has 0 saturated carbocycles. The Morgan fingerprint density at radius 2 is 1.83 bits per heavy atom. The van der Waals surface area contributed by atoms with E-state index in [-0.39, 0.29) is 29.4 Å². The molecule has 218 valence electrons. The second kappa shape index (κ2) is 11.7. The third-order valence-corrected chi connectivity index (χ3v) is 8.20. The number of hydrogen-bond acceptors (Lipinski definition) is 7. The quantitative estimate of drug-likeness (QED) is 0.253. The van der Waals surface area contributed by atoms with Crippen LogP contribution in [0.5, 0.6) is 5.75 Å². The summed E-state index contributed by atoms with van der Waals surface area (Å²) in [4.78, 5) is 17.3. The average molecular weight is 595 g/mol. The van der Waals surface area contributed by atoms with Crippen molar-refractivity contribution in [1.82, 2.24) is 29.2 Å². The van der Waals surface area contributed by atoms with E-state index in [0.717, 1.165) is 11.8 Å². The number of halogens is 2. The molecule has 13 heteroatoms. The lowest BCUT2D eigenvalue weighted by Gasteiger charge is -2.14. The summed E-state index contributed by atoms with van der Waals surface area (Å²) in [5.74, 6) is -3.43. The molecule has 10 nitrogen and oxygen atoms in total. The Hall–Kier alpha value is -4.62. The molecule has 0 spiro atoms. The number of carbonyl (C=O) groups excluding carboxylic acids is 1. The van der Waals surface area contributed by atoms with Crippen LogP contribution in [0.3, 0.4) is 0 Å². The molecule has 2 N–H and O–H groups in total. The maximum absolute atomic E-state index is 15.1. The SMILES string of the molecule is CNCc1cnc2ccc(-c3ccc(F)c(F)c3OCCc3c(C(=O)NS(=O)(=O)c4ccccc4)nn(C)c3C)cn12. The summed E-state index contributed by atoms with van der Waals surface area (Å²) in [7, 11) is -0.715. The number of benzene rings is 2. The second-order valence-electron chi connectivity index (χ2n) is 9.55. The Bertz CT molecular complexity index is 1890. The van der Waals surface area contributed by atoms with E-state index in [9.17, 15) is 17.6 Å². The molecule has 1 amide bonds. The Morgan fingerprint density at radius 1 is 1.07 bits per heavy atom. The van der Waals surface area contributed by atoms with E-state index in [1.165, 1.54) is 22.9 Å². The molecule has 2 aromatic carbocycles. The summed E-state index contributed by atoms with van der Waals surface area (Å²) in [6.45, 7) is 2.12. The molecular weight excluding hydrogens is 566 g/mol. The molecule has 0 radical (unpaired) electrons. The number of ether oxygens (including phenoxy) is 1. The largest absolute Gasteiger partial charge is 0.489 e. The number of amides is 1. The first-order valence-electron chi connectivity index (χ1n) is 13.0. The van der Waals surface area contributed by atoms with Gasteiger partial charge in [-0.05, 0) is 50.4 Å². The predicted octanol–water partition coefficient (Wildman–Crippen LogP) is 3.78. The van der Waals surface area contributed by atoms with Crippen molar-refractivity contribution in [3.63, 3.8) is 0 Å². The molecule has 3 heterocycles. The van der Waals surface area contributed by atoms with Gasteiger partial charge in [-0.1, -0.05) is 18.2 Å². The van der Waals surface area contributed by atoms with Crippen LogP contribution >= 0.6 is 0 Å². The highest BCUT2D eigenvalue weighted by Crippen LogP contribution is 2.34. The number of imidazole rings is 1. The van der Waals surface area contributed by atoms with Gasteiger partial charge in [0.25, 0.3) is 15.9 Å².